The molecule has 4 nitrogen and oxygen atoms in total. The van der Waals surface area contributed by atoms with Crippen LogP contribution < -0.4 is 4.57 Å². The third-order valence-electron chi connectivity index (χ3n) is 5.86. The Morgan fingerprint density at radius 2 is 1.26 bits per heavy atom. The van der Waals surface area contributed by atoms with E-state index in [4.69, 9.17) is 9.98 Å². The number of rotatable bonds is 7. The summed E-state index contributed by atoms with van der Waals surface area (Å²) in [6, 6.07) is 8.85. The van der Waals surface area contributed by atoms with Gasteiger partial charge in [0.25, 0.3) is 0 Å². The van der Waals surface area contributed by atoms with Crippen molar-refractivity contribution in [2.24, 2.45) is 17.0 Å². The van der Waals surface area contributed by atoms with Crippen molar-refractivity contribution in [1.82, 2.24) is 4.57 Å². The van der Waals surface area contributed by atoms with Gasteiger partial charge in [-0.1, -0.05) is 42.3 Å². The van der Waals surface area contributed by atoms with Crippen LogP contribution >= 0.6 is 28.5 Å². The van der Waals surface area contributed by atoms with Gasteiger partial charge in [-0.15, -0.1) is 0 Å². The molecule has 1 aromatic heterocycles. The molecule has 192 valence electrons. The summed E-state index contributed by atoms with van der Waals surface area (Å²) in [4.78, 5) is 10.4. The quantitative estimate of drug-likeness (QED) is 0.141. The SMILES string of the molecule is CCC(=Nc1c(C)cc(C)cc1C)C(CCn1cc[n+](C)c1)=Nc1c(C)cc(C)cc1C.[Br][Ni][Br]. The van der Waals surface area contributed by atoms with E-state index in [-0.39, 0.29) is 0 Å². The molecule has 0 N–H and O–H groups in total. The number of nitrogens with zero attached hydrogens (tertiary/aromatic N) is 4. The van der Waals surface area contributed by atoms with E-state index in [1.54, 1.807) is 0 Å². The zero-order valence-electron chi connectivity index (χ0n) is 22.0. The van der Waals surface area contributed by atoms with E-state index in [0.29, 0.717) is 0 Å². The molecule has 0 radical (unpaired) electrons. The van der Waals surface area contributed by atoms with E-state index in [9.17, 15) is 0 Å². The number of halogens is 2. The maximum atomic E-state index is 5.23. The Morgan fingerprint density at radius 3 is 1.63 bits per heavy atom. The molecule has 0 fully saturated rings. The second kappa shape index (κ2) is 14.3. The Kier molecular flexibility index (Phi) is 12.1. The molecule has 0 bridgehead atoms. The number of imidazole rings is 1. The van der Waals surface area contributed by atoms with E-state index >= 15 is 0 Å². The van der Waals surface area contributed by atoms with Crippen molar-refractivity contribution in [3.05, 3.63) is 76.4 Å². The molecule has 0 atom stereocenters. The first-order chi connectivity index (χ1) is 16.6. The molecule has 0 aliphatic carbocycles. The number of benzene rings is 2. The Labute approximate surface area is 231 Å². The first kappa shape index (κ1) is 29.7. The fourth-order valence-corrected chi connectivity index (χ4v) is 4.45. The second-order valence-corrected chi connectivity index (χ2v) is 14.1. The molecular formula is C28H37Br2N4Ni+. The monoisotopic (exact) mass is 645 g/mol. The molecule has 7 heteroatoms. The van der Waals surface area contributed by atoms with Gasteiger partial charge in [-0.2, -0.15) is 0 Å². The van der Waals surface area contributed by atoms with Crippen LogP contribution in [0.4, 0.5) is 11.4 Å². The molecule has 0 unspecified atom stereocenters. The second-order valence-electron chi connectivity index (χ2n) is 9.08. The summed E-state index contributed by atoms with van der Waals surface area (Å²) in [6.45, 7) is 15.9. The predicted molar refractivity (Wildman–Crippen MR) is 154 cm³/mol. The van der Waals surface area contributed by atoms with E-state index in [1.165, 1.54) is 44.3 Å². The van der Waals surface area contributed by atoms with E-state index in [1.807, 2.05) is 7.05 Å². The van der Waals surface area contributed by atoms with Gasteiger partial charge < -0.3 is 0 Å². The van der Waals surface area contributed by atoms with Crippen LogP contribution in [0.2, 0.25) is 0 Å². The molecule has 3 aromatic rings. The van der Waals surface area contributed by atoms with Gasteiger partial charge in [0.15, 0.2) is 0 Å². The van der Waals surface area contributed by atoms with Gasteiger partial charge >= 0.3 is 39.3 Å². The van der Waals surface area contributed by atoms with Crippen molar-refractivity contribution in [2.45, 2.75) is 67.9 Å². The zero-order valence-corrected chi connectivity index (χ0v) is 26.2. The first-order valence-corrected chi connectivity index (χ1v) is 16.6. The van der Waals surface area contributed by atoms with Crippen LogP contribution in [0.1, 0.15) is 53.1 Å². The minimum absolute atomic E-state index is 0.831. The van der Waals surface area contributed by atoms with Crippen LogP contribution in [-0.4, -0.2) is 16.0 Å². The normalized spacial score (nSPS) is 12.1. The van der Waals surface area contributed by atoms with Crippen LogP contribution in [0.3, 0.4) is 0 Å². The Hall–Kier alpha value is -1.56. The van der Waals surface area contributed by atoms with Gasteiger partial charge in [0.1, 0.15) is 12.4 Å². The maximum absolute atomic E-state index is 5.23. The molecular weight excluding hydrogens is 611 g/mol. The van der Waals surface area contributed by atoms with Gasteiger partial charge in [0.2, 0.25) is 6.33 Å². The summed E-state index contributed by atoms with van der Waals surface area (Å²) >= 11 is 6.00. The molecule has 0 saturated carbocycles. The van der Waals surface area contributed by atoms with Gasteiger partial charge in [0, 0.05) is 6.42 Å². The molecule has 3 rings (SSSR count). The van der Waals surface area contributed by atoms with Crippen molar-refractivity contribution in [3.8, 4) is 0 Å². The summed E-state index contributed by atoms with van der Waals surface area (Å²) in [5.41, 5.74) is 11.7. The summed E-state index contributed by atoms with van der Waals surface area (Å²) in [5.74, 6) is 0. The predicted octanol–water partition coefficient (Wildman–Crippen LogP) is 8.20. The van der Waals surface area contributed by atoms with Crippen LogP contribution in [-0.2, 0) is 24.5 Å². The fourth-order valence-electron chi connectivity index (χ4n) is 4.45. The molecule has 0 spiro atoms. The van der Waals surface area contributed by atoms with E-state index in [0.717, 1.165) is 42.2 Å². The van der Waals surface area contributed by atoms with Crippen molar-refractivity contribution in [2.75, 3.05) is 0 Å². The number of aryl methyl sites for hydroxylation is 8. The van der Waals surface area contributed by atoms with E-state index < -0.39 is 0 Å². The first-order valence-electron chi connectivity index (χ1n) is 11.7. The van der Waals surface area contributed by atoms with Crippen LogP contribution in [0, 0.1) is 41.5 Å². The molecule has 0 amide bonds. The standard InChI is InChI=1S/C28H37N4.2BrH.Ni/c1-9-25(29-27-21(4)14-19(2)15-22(27)5)26(10-11-32-13-12-31(8)18-32)30-28-23(6)16-20(3)17-24(28)7;;;/h12-18H,9-11H2,1-8H3;2*1H;/q+1;;;+2/p-2. The molecule has 0 saturated heterocycles. The number of aliphatic imine (C=N–C) groups is 2. The fraction of sp³-hybridized carbons (Fsp3) is 0.393. The molecule has 35 heavy (non-hydrogen) atoms. The van der Waals surface area contributed by atoms with Crippen molar-refractivity contribution >= 4 is 51.2 Å². The number of hydrogen-bond donors (Lipinski definition) is 0. The van der Waals surface area contributed by atoms with Crippen molar-refractivity contribution in [1.29, 1.82) is 0 Å². The summed E-state index contributed by atoms with van der Waals surface area (Å²) in [6.07, 6.45) is 7.96. The van der Waals surface area contributed by atoms with Gasteiger partial charge in [-0.3, -0.25) is 9.98 Å². The van der Waals surface area contributed by atoms with Gasteiger partial charge in [0.05, 0.1) is 36.4 Å². The topological polar surface area (TPSA) is 33.5 Å². The Balaban J connectivity index is 0.00000137. The van der Waals surface area contributed by atoms with Crippen LogP contribution in [0.15, 0.2) is 53.0 Å². The summed E-state index contributed by atoms with van der Waals surface area (Å²) in [5, 5.41) is 0. The molecule has 1 heterocycles. The van der Waals surface area contributed by atoms with E-state index in [2.05, 4.69) is 129 Å². The van der Waals surface area contributed by atoms with Crippen molar-refractivity contribution in [3.63, 3.8) is 0 Å². The summed E-state index contributed by atoms with van der Waals surface area (Å²) in [7, 11) is 3.30. The third-order valence-corrected chi connectivity index (χ3v) is 5.86. The van der Waals surface area contributed by atoms with Crippen LogP contribution in [0.25, 0.3) is 0 Å². The number of hydrogen-bond acceptors (Lipinski definition) is 2. The Morgan fingerprint density at radius 1 is 0.829 bits per heavy atom. The third kappa shape index (κ3) is 8.80. The van der Waals surface area contributed by atoms with Gasteiger partial charge in [-0.25, -0.2) is 9.13 Å². The van der Waals surface area contributed by atoms with Crippen LogP contribution in [0.5, 0.6) is 0 Å². The summed E-state index contributed by atoms with van der Waals surface area (Å²) < 4.78 is 4.28. The van der Waals surface area contributed by atoms with Crippen molar-refractivity contribution < 1.29 is 15.5 Å². The zero-order chi connectivity index (χ0) is 26.1. The van der Waals surface area contributed by atoms with Gasteiger partial charge in [-0.05, 0) is 70.2 Å². The molecule has 2 aromatic carbocycles. The average Bonchev–Trinajstić information content (AvgIpc) is 3.18. The number of aromatic nitrogens is 2. The minimum atomic E-state index is 0.831. The molecule has 0 aliphatic heterocycles. The average molecular weight is 648 g/mol. The molecule has 0 aliphatic rings. The Bertz CT molecular complexity index is 1170.